The third-order valence-corrected chi connectivity index (χ3v) is 5.94. The molecule has 3 heteroatoms. The van der Waals surface area contributed by atoms with Crippen molar-refractivity contribution in [1.82, 2.24) is 5.32 Å². The van der Waals surface area contributed by atoms with Crippen LogP contribution in [0.25, 0.3) is 10.8 Å². The molecule has 3 nitrogen and oxygen atoms in total. The highest BCUT2D eigenvalue weighted by Crippen LogP contribution is 2.20. The highest BCUT2D eigenvalue weighted by atomic mass is 16.5. The van der Waals surface area contributed by atoms with Gasteiger partial charge in [-0.25, -0.2) is 0 Å². The van der Waals surface area contributed by atoms with Gasteiger partial charge in [-0.2, -0.15) is 0 Å². The summed E-state index contributed by atoms with van der Waals surface area (Å²) in [5, 5.41) is 5.28. The van der Waals surface area contributed by atoms with Crippen molar-refractivity contribution in [2.75, 3.05) is 13.2 Å². The monoisotopic (exact) mass is 425 g/mol. The first-order chi connectivity index (χ1) is 15.3. The van der Waals surface area contributed by atoms with E-state index in [2.05, 4.69) is 24.4 Å². The van der Waals surface area contributed by atoms with Crippen LogP contribution in [0, 0.1) is 0 Å². The molecule has 0 saturated carbocycles. The zero-order valence-electron chi connectivity index (χ0n) is 19.7. The standard InChI is InChI=1S/C28H43NO2/c1-2-3-4-5-6-7-8-9-10-11-12-13-14-17-22-29-28(30)24-31-27-21-20-25-18-15-16-19-26(25)23-27/h15-16,18-21,23H,2-14,17,22,24H2,1H3,(H,29,30). The second-order valence-electron chi connectivity index (χ2n) is 8.74. The number of rotatable bonds is 18. The van der Waals surface area contributed by atoms with Crippen LogP contribution in [-0.2, 0) is 4.79 Å². The van der Waals surface area contributed by atoms with Crippen LogP contribution >= 0.6 is 0 Å². The van der Waals surface area contributed by atoms with Crippen LogP contribution in [0.4, 0.5) is 0 Å². The third kappa shape index (κ3) is 11.8. The predicted octanol–water partition coefficient (Wildman–Crippen LogP) is 7.82. The van der Waals surface area contributed by atoms with Crippen molar-refractivity contribution in [1.29, 1.82) is 0 Å². The molecule has 0 saturated heterocycles. The fourth-order valence-corrected chi connectivity index (χ4v) is 4.00. The predicted molar refractivity (Wildman–Crippen MR) is 133 cm³/mol. The lowest BCUT2D eigenvalue weighted by Crippen LogP contribution is -2.29. The van der Waals surface area contributed by atoms with Crippen LogP contribution in [0.2, 0.25) is 0 Å². The van der Waals surface area contributed by atoms with Gasteiger partial charge in [0.25, 0.3) is 5.91 Å². The average Bonchev–Trinajstić information content (AvgIpc) is 2.80. The van der Waals surface area contributed by atoms with E-state index in [-0.39, 0.29) is 12.5 Å². The van der Waals surface area contributed by atoms with Crippen LogP contribution in [0.1, 0.15) is 96.8 Å². The lowest BCUT2D eigenvalue weighted by Gasteiger charge is -2.08. The number of unbranched alkanes of at least 4 members (excludes halogenated alkanes) is 13. The fraction of sp³-hybridized carbons (Fsp3) is 0.607. The molecule has 2 rings (SSSR count). The van der Waals surface area contributed by atoms with Crippen LogP contribution < -0.4 is 10.1 Å². The Hall–Kier alpha value is -2.03. The normalized spacial score (nSPS) is 11.0. The Morgan fingerprint density at radius 3 is 1.87 bits per heavy atom. The Morgan fingerprint density at radius 1 is 0.710 bits per heavy atom. The van der Waals surface area contributed by atoms with Crippen molar-refractivity contribution in [3.05, 3.63) is 42.5 Å². The number of carbonyl (C=O) groups is 1. The van der Waals surface area contributed by atoms with Gasteiger partial charge in [-0.05, 0) is 29.3 Å². The Kier molecular flexibility index (Phi) is 13.5. The van der Waals surface area contributed by atoms with Gasteiger partial charge in [0, 0.05) is 6.54 Å². The molecule has 0 bridgehead atoms. The molecule has 0 aliphatic rings. The minimum absolute atomic E-state index is 0.0390. The summed E-state index contributed by atoms with van der Waals surface area (Å²) in [6.07, 6.45) is 18.9. The molecule has 2 aromatic carbocycles. The van der Waals surface area contributed by atoms with E-state index in [1.165, 1.54) is 88.9 Å². The molecule has 1 amide bonds. The van der Waals surface area contributed by atoms with Gasteiger partial charge in [-0.1, -0.05) is 121 Å². The summed E-state index contributed by atoms with van der Waals surface area (Å²) in [6, 6.07) is 14.1. The lowest BCUT2D eigenvalue weighted by atomic mass is 10.0. The minimum atomic E-state index is -0.0390. The number of hydrogen-bond acceptors (Lipinski definition) is 2. The van der Waals surface area contributed by atoms with Crippen molar-refractivity contribution < 1.29 is 9.53 Å². The number of hydrogen-bond donors (Lipinski definition) is 1. The molecule has 0 spiro atoms. The van der Waals surface area contributed by atoms with E-state index >= 15 is 0 Å². The quantitative estimate of drug-likeness (QED) is 0.247. The summed E-state index contributed by atoms with van der Waals surface area (Å²) >= 11 is 0. The van der Waals surface area contributed by atoms with Crippen LogP contribution in [0.3, 0.4) is 0 Å². The average molecular weight is 426 g/mol. The van der Waals surface area contributed by atoms with E-state index < -0.39 is 0 Å². The molecule has 0 aliphatic heterocycles. The zero-order valence-corrected chi connectivity index (χ0v) is 19.7. The molecule has 31 heavy (non-hydrogen) atoms. The van der Waals surface area contributed by atoms with E-state index in [4.69, 9.17) is 4.74 Å². The highest BCUT2D eigenvalue weighted by molar-refractivity contribution is 5.84. The lowest BCUT2D eigenvalue weighted by molar-refractivity contribution is -0.123. The molecule has 0 atom stereocenters. The largest absolute Gasteiger partial charge is 0.484 e. The van der Waals surface area contributed by atoms with Gasteiger partial charge in [0.2, 0.25) is 0 Å². The van der Waals surface area contributed by atoms with Crippen LogP contribution in [0.5, 0.6) is 5.75 Å². The van der Waals surface area contributed by atoms with Gasteiger partial charge < -0.3 is 10.1 Å². The third-order valence-electron chi connectivity index (χ3n) is 5.94. The molecule has 0 unspecified atom stereocenters. The maximum Gasteiger partial charge on any atom is 0.257 e. The molecule has 0 fully saturated rings. The molecule has 0 heterocycles. The van der Waals surface area contributed by atoms with Crippen LogP contribution in [0.15, 0.2) is 42.5 Å². The molecule has 0 radical (unpaired) electrons. The maximum absolute atomic E-state index is 12.0. The smallest absolute Gasteiger partial charge is 0.257 e. The summed E-state index contributed by atoms with van der Waals surface area (Å²) < 4.78 is 5.64. The summed E-state index contributed by atoms with van der Waals surface area (Å²) in [7, 11) is 0. The summed E-state index contributed by atoms with van der Waals surface area (Å²) in [5.41, 5.74) is 0. The van der Waals surface area contributed by atoms with Gasteiger partial charge in [0.1, 0.15) is 5.75 Å². The summed E-state index contributed by atoms with van der Waals surface area (Å²) in [5.74, 6) is 0.702. The van der Waals surface area contributed by atoms with E-state index in [9.17, 15) is 4.79 Å². The molecular formula is C28H43NO2. The zero-order chi connectivity index (χ0) is 22.0. The van der Waals surface area contributed by atoms with Gasteiger partial charge in [0.15, 0.2) is 6.61 Å². The Morgan fingerprint density at radius 2 is 1.26 bits per heavy atom. The van der Waals surface area contributed by atoms with Gasteiger partial charge in [-0.3, -0.25) is 4.79 Å². The molecule has 0 aliphatic carbocycles. The summed E-state index contributed by atoms with van der Waals surface area (Å²) in [4.78, 5) is 12.0. The Bertz CT molecular complexity index is 728. The number of nitrogens with one attached hydrogen (secondary N) is 1. The minimum Gasteiger partial charge on any atom is -0.484 e. The molecule has 0 aromatic heterocycles. The highest BCUT2D eigenvalue weighted by Gasteiger charge is 2.03. The fourth-order valence-electron chi connectivity index (χ4n) is 4.00. The first kappa shape index (κ1) is 25.2. The molecule has 1 N–H and O–H groups in total. The van der Waals surface area contributed by atoms with E-state index in [0.29, 0.717) is 0 Å². The van der Waals surface area contributed by atoms with Crippen molar-refractivity contribution in [3.8, 4) is 5.75 Å². The summed E-state index contributed by atoms with van der Waals surface area (Å²) in [6.45, 7) is 3.11. The van der Waals surface area contributed by atoms with Crippen molar-refractivity contribution in [2.45, 2.75) is 96.8 Å². The topological polar surface area (TPSA) is 38.3 Å². The first-order valence-electron chi connectivity index (χ1n) is 12.7. The number of amides is 1. The van der Waals surface area contributed by atoms with Crippen molar-refractivity contribution in [2.24, 2.45) is 0 Å². The first-order valence-corrected chi connectivity index (χ1v) is 12.7. The van der Waals surface area contributed by atoms with E-state index in [1.54, 1.807) is 0 Å². The second kappa shape index (κ2) is 16.6. The second-order valence-corrected chi connectivity index (χ2v) is 8.74. The SMILES string of the molecule is CCCCCCCCCCCCCCCCNC(=O)COc1ccc2ccccc2c1. The Balaban J connectivity index is 1.37. The molecular weight excluding hydrogens is 382 g/mol. The number of fused-ring (bicyclic) bond motifs is 1. The van der Waals surface area contributed by atoms with Gasteiger partial charge >= 0.3 is 0 Å². The van der Waals surface area contributed by atoms with Crippen molar-refractivity contribution >= 4 is 16.7 Å². The van der Waals surface area contributed by atoms with Gasteiger partial charge in [0.05, 0.1) is 0 Å². The molecule has 172 valence electrons. The van der Waals surface area contributed by atoms with Crippen molar-refractivity contribution in [3.63, 3.8) is 0 Å². The van der Waals surface area contributed by atoms with Crippen LogP contribution in [-0.4, -0.2) is 19.1 Å². The van der Waals surface area contributed by atoms with Gasteiger partial charge in [-0.15, -0.1) is 0 Å². The maximum atomic E-state index is 12.0. The number of benzene rings is 2. The molecule has 2 aromatic rings. The van der Waals surface area contributed by atoms with E-state index in [0.717, 1.165) is 24.1 Å². The van der Waals surface area contributed by atoms with E-state index in [1.807, 2.05) is 30.3 Å². The number of carbonyl (C=O) groups excluding carboxylic acids is 1. The Labute approximate surface area is 190 Å². The number of ether oxygens (including phenoxy) is 1.